The molecule has 56 heavy (non-hydrogen) atoms. The van der Waals surface area contributed by atoms with E-state index in [1.54, 1.807) is 72.8 Å². The first-order valence-electron chi connectivity index (χ1n) is 16.9. The van der Waals surface area contributed by atoms with Gasteiger partial charge in [-0.25, -0.2) is 13.4 Å². The van der Waals surface area contributed by atoms with Crippen LogP contribution in [0, 0.1) is 0 Å². The van der Waals surface area contributed by atoms with E-state index in [-0.39, 0.29) is 53.7 Å². The first-order chi connectivity index (χ1) is 26.9. The molecule has 0 aliphatic rings. The second-order valence-electron chi connectivity index (χ2n) is 12.5. The summed E-state index contributed by atoms with van der Waals surface area (Å²) in [5.41, 5.74) is 6.51. The third-order valence-electron chi connectivity index (χ3n) is 8.96. The minimum absolute atomic E-state index is 0.00465. The molecule has 3 aromatic heterocycles. The van der Waals surface area contributed by atoms with E-state index < -0.39 is 32.2 Å². The second kappa shape index (κ2) is 15.3. The standard InChI is InChI=1S/C38H34F3N9O5S/c1-53-26-10-4-23(5-11-26)20-49(21-24-6-12-27(54-2)13-7-24)56(51,52)34-31(38(39,40)41)17-16-29(30-18-19-43-36-33(30)44-37(42)45-36)32(34)35-46-48-50(47-35)22-25-8-14-28(55-3)15-9-25/h4-19H,20-22H2,1-3H3,(H3,42,43,44,45). The zero-order valence-electron chi connectivity index (χ0n) is 30.2. The van der Waals surface area contributed by atoms with Gasteiger partial charge in [0, 0.05) is 24.8 Å². The van der Waals surface area contributed by atoms with Crippen molar-refractivity contribution in [2.24, 2.45) is 0 Å². The van der Waals surface area contributed by atoms with E-state index >= 15 is 21.6 Å². The number of nitrogens with two attached hydrogens (primary N) is 1. The summed E-state index contributed by atoms with van der Waals surface area (Å²) in [6, 6.07) is 23.5. The lowest BCUT2D eigenvalue weighted by Gasteiger charge is -2.27. The highest BCUT2D eigenvalue weighted by molar-refractivity contribution is 7.89. The van der Waals surface area contributed by atoms with E-state index in [1.807, 2.05) is 0 Å². The fraction of sp³-hybridized carbons (Fsp3) is 0.184. The number of tetrazole rings is 1. The van der Waals surface area contributed by atoms with Gasteiger partial charge in [-0.15, -0.1) is 10.2 Å². The maximum absolute atomic E-state index is 15.3. The molecule has 14 nitrogen and oxygen atoms in total. The molecular weight excluding hydrogens is 752 g/mol. The van der Waals surface area contributed by atoms with Crippen LogP contribution in [0.3, 0.4) is 0 Å². The smallest absolute Gasteiger partial charge is 0.417 e. The number of hydrogen-bond donors (Lipinski definition) is 2. The van der Waals surface area contributed by atoms with Gasteiger partial charge in [0.2, 0.25) is 15.8 Å². The molecule has 288 valence electrons. The third kappa shape index (κ3) is 7.69. The lowest BCUT2D eigenvalue weighted by Crippen LogP contribution is -2.32. The fourth-order valence-electron chi connectivity index (χ4n) is 6.20. The van der Waals surface area contributed by atoms with Crippen molar-refractivity contribution in [3.8, 4) is 39.8 Å². The normalized spacial score (nSPS) is 12.0. The summed E-state index contributed by atoms with van der Waals surface area (Å²) in [6.45, 7) is -0.563. The summed E-state index contributed by atoms with van der Waals surface area (Å²) in [5.74, 6) is 1.26. The molecule has 7 rings (SSSR count). The van der Waals surface area contributed by atoms with Crippen molar-refractivity contribution in [2.45, 2.75) is 30.7 Å². The van der Waals surface area contributed by atoms with Crippen LogP contribution in [0.5, 0.6) is 17.2 Å². The third-order valence-corrected chi connectivity index (χ3v) is 10.8. The number of hydrogen-bond acceptors (Lipinski definition) is 11. The van der Waals surface area contributed by atoms with Crippen molar-refractivity contribution in [1.82, 2.24) is 39.5 Å². The number of alkyl halides is 3. The highest BCUT2D eigenvalue weighted by Gasteiger charge is 2.43. The van der Waals surface area contributed by atoms with Crippen LogP contribution in [-0.4, -0.2) is 69.2 Å². The second-order valence-corrected chi connectivity index (χ2v) is 14.4. The van der Waals surface area contributed by atoms with E-state index in [1.165, 1.54) is 44.5 Å². The van der Waals surface area contributed by atoms with Crippen molar-refractivity contribution in [3.05, 3.63) is 119 Å². The topological polar surface area (TPSA) is 176 Å². The molecule has 0 amide bonds. The summed E-state index contributed by atoms with van der Waals surface area (Å²) in [4.78, 5) is 11.4. The number of imidazole rings is 1. The highest BCUT2D eigenvalue weighted by atomic mass is 32.2. The number of methoxy groups -OCH3 is 3. The van der Waals surface area contributed by atoms with Gasteiger partial charge in [0.05, 0.1) is 44.5 Å². The zero-order chi connectivity index (χ0) is 39.6. The number of aromatic nitrogens is 7. The Morgan fingerprint density at radius 2 is 1.32 bits per heavy atom. The van der Waals surface area contributed by atoms with Gasteiger partial charge in [-0.2, -0.15) is 27.3 Å². The highest BCUT2D eigenvalue weighted by Crippen LogP contribution is 2.46. The Bertz CT molecular complexity index is 2550. The Labute approximate surface area is 318 Å². The lowest BCUT2D eigenvalue weighted by atomic mass is 9.96. The van der Waals surface area contributed by atoms with Gasteiger partial charge >= 0.3 is 6.18 Å². The summed E-state index contributed by atoms with van der Waals surface area (Å²) in [7, 11) is -0.606. The van der Waals surface area contributed by atoms with Crippen molar-refractivity contribution < 1.29 is 35.8 Å². The van der Waals surface area contributed by atoms with Crippen molar-refractivity contribution >= 4 is 27.1 Å². The predicted molar refractivity (Wildman–Crippen MR) is 200 cm³/mol. The summed E-state index contributed by atoms with van der Waals surface area (Å²) < 4.78 is 93.2. The Morgan fingerprint density at radius 3 is 1.86 bits per heavy atom. The number of aromatic amines is 1. The molecule has 0 spiro atoms. The molecule has 3 heterocycles. The summed E-state index contributed by atoms with van der Waals surface area (Å²) in [5, 5.41) is 12.8. The molecule has 0 bridgehead atoms. The quantitative estimate of drug-likeness (QED) is 0.133. The zero-order valence-corrected chi connectivity index (χ0v) is 31.0. The monoisotopic (exact) mass is 785 g/mol. The molecule has 4 aromatic carbocycles. The Balaban J connectivity index is 1.47. The number of nitrogens with one attached hydrogen (secondary N) is 1. The van der Waals surface area contributed by atoms with Crippen molar-refractivity contribution in [3.63, 3.8) is 0 Å². The minimum Gasteiger partial charge on any atom is -0.497 e. The van der Waals surface area contributed by atoms with Crippen LogP contribution < -0.4 is 19.9 Å². The number of rotatable bonds is 13. The number of benzene rings is 4. The molecule has 3 N–H and O–H groups in total. The van der Waals surface area contributed by atoms with Crippen LogP contribution >= 0.6 is 0 Å². The Hall–Kier alpha value is -6.53. The van der Waals surface area contributed by atoms with E-state index in [0.717, 1.165) is 15.9 Å². The average molecular weight is 786 g/mol. The number of pyridine rings is 1. The van der Waals surface area contributed by atoms with Crippen LogP contribution in [-0.2, 0) is 35.8 Å². The Morgan fingerprint density at radius 1 is 0.768 bits per heavy atom. The first-order valence-corrected chi connectivity index (χ1v) is 18.3. The van der Waals surface area contributed by atoms with Gasteiger partial charge < -0.3 is 24.9 Å². The number of anilines is 1. The molecular formula is C38H34F3N9O5S. The molecule has 0 unspecified atom stereocenters. The molecule has 7 aromatic rings. The molecule has 18 heteroatoms. The number of nitrogens with zero attached hydrogens (tertiary/aromatic N) is 7. The number of halogens is 3. The van der Waals surface area contributed by atoms with Gasteiger partial charge in [-0.3, -0.25) is 0 Å². The van der Waals surface area contributed by atoms with Crippen LogP contribution in [0.1, 0.15) is 22.3 Å². The molecule has 0 saturated heterocycles. The SMILES string of the molecule is COc1ccc(CN(Cc2ccc(OC)cc2)S(=O)(=O)c2c(C(F)(F)F)ccc(-c3ccnc4nc(N)[nH]c34)c2-c2nnn(Cc3ccc(OC)cc3)n2)cc1. The largest absolute Gasteiger partial charge is 0.497 e. The van der Waals surface area contributed by atoms with Crippen molar-refractivity contribution in [1.29, 1.82) is 0 Å². The van der Waals surface area contributed by atoms with Crippen LogP contribution in [0.2, 0.25) is 0 Å². The van der Waals surface area contributed by atoms with Gasteiger partial charge in [-0.05, 0) is 76.0 Å². The van der Waals surface area contributed by atoms with Crippen LogP contribution in [0.25, 0.3) is 33.7 Å². The molecule has 0 radical (unpaired) electrons. The maximum atomic E-state index is 15.3. The summed E-state index contributed by atoms with van der Waals surface area (Å²) >= 11 is 0. The minimum atomic E-state index is -5.15. The van der Waals surface area contributed by atoms with Gasteiger partial charge in [-0.1, -0.05) is 42.5 Å². The Kier molecular flexibility index (Phi) is 10.3. The van der Waals surface area contributed by atoms with E-state index in [9.17, 15) is 0 Å². The lowest BCUT2D eigenvalue weighted by molar-refractivity contribution is -0.139. The molecule has 0 aliphatic heterocycles. The number of fused-ring (bicyclic) bond motifs is 1. The first kappa shape index (κ1) is 37.8. The molecule has 0 saturated carbocycles. The fourth-order valence-corrected chi connectivity index (χ4v) is 8.02. The van der Waals surface area contributed by atoms with E-state index in [4.69, 9.17) is 19.9 Å². The molecule has 0 fully saturated rings. The number of H-pyrrole nitrogens is 1. The van der Waals surface area contributed by atoms with Gasteiger partial charge in [0.25, 0.3) is 0 Å². The van der Waals surface area contributed by atoms with Crippen molar-refractivity contribution in [2.75, 3.05) is 27.1 Å². The number of sulfonamides is 1. The molecule has 0 aliphatic carbocycles. The van der Waals surface area contributed by atoms with Gasteiger partial charge in [0.15, 0.2) is 11.6 Å². The average Bonchev–Trinajstić information content (AvgIpc) is 3.83. The maximum Gasteiger partial charge on any atom is 0.417 e. The van der Waals surface area contributed by atoms with Crippen LogP contribution in [0.4, 0.5) is 19.1 Å². The summed E-state index contributed by atoms with van der Waals surface area (Å²) in [6.07, 6.45) is -3.76. The number of nitrogen functional groups attached to an aromatic ring is 1. The van der Waals surface area contributed by atoms with E-state index in [2.05, 4.69) is 30.4 Å². The predicted octanol–water partition coefficient (Wildman–Crippen LogP) is 6.34. The van der Waals surface area contributed by atoms with Gasteiger partial charge in [0.1, 0.15) is 22.1 Å². The van der Waals surface area contributed by atoms with Crippen LogP contribution in [0.15, 0.2) is 102 Å². The number of ether oxygens (including phenoxy) is 3. The molecule has 0 atom stereocenters. The van der Waals surface area contributed by atoms with E-state index in [0.29, 0.717) is 28.4 Å².